The molecule has 0 saturated carbocycles. The molecule has 1 aliphatic heterocycles. The molecule has 1 aromatic rings. The Morgan fingerprint density at radius 3 is 2.71 bits per heavy atom. The van der Waals surface area contributed by atoms with Crippen molar-refractivity contribution in [3.63, 3.8) is 0 Å². The van der Waals surface area contributed by atoms with Gasteiger partial charge in [0.1, 0.15) is 6.04 Å². The first-order valence-electron chi connectivity index (χ1n) is 7.30. The third-order valence-electron chi connectivity index (χ3n) is 3.63. The molecule has 1 N–H and O–H groups in total. The highest BCUT2D eigenvalue weighted by Crippen LogP contribution is 2.13. The van der Waals surface area contributed by atoms with Crippen LogP contribution in [-0.4, -0.2) is 49.1 Å². The lowest BCUT2D eigenvalue weighted by Crippen LogP contribution is -2.47. The van der Waals surface area contributed by atoms with Crippen molar-refractivity contribution in [2.45, 2.75) is 31.9 Å². The van der Waals surface area contributed by atoms with Crippen LogP contribution in [0.5, 0.6) is 0 Å². The second-order valence-electron chi connectivity index (χ2n) is 5.41. The zero-order valence-electron chi connectivity index (χ0n) is 12.5. The predicted molar refractivity (Wildman–Crippen MR) is 80.0 cm³/mol. The zero-order valence-corrected chi connectivity index (χ0v) is 12.5. The number of likely N-dealkylation sites (N-methyl/N-ethyl adjacent to an activating group) is 1. The Bertz CT molecular complexity index is 484. The fourth-order valence-electron chi connectivity index (χ4n) is 2.45. The summed E-state index contributed by atoms with van der Waals surface area (Å²) in [5, 5.41) is 2.73. The lowest BCUT2D eigenvalue weighted by molar-refractivity contribution is -0.132. The quantitative estimate of drug-likeness (QED) is 0.893. The van der Waals surface area contributed by atoms with Crippen LogP contribution in [0.3, 0.4) is 0 Å². The van der Waals surface area contributed by atoms with E-state index in [1.54, 1.807) is 43.1 Å². The minimum atomic E-state index is -0.552. The molecule has 2 unspecified atom stereocenters. The lowest BCUT2D eigenvalue weighted by atomic mass is 10.2. The molecule has 114 valence electrons. The van der Waals surface area contributed by atoms with Gasteiger partial charge >= 0.3 is 0 Å². The summed E-state index contributed by atoms with van der Waals surface area (Å²) in [6, 6.07) is 8.34. The van der Waals surface area contributed by atoms with Crippen molar-refractivity contribution in [2.75, 3.05) is 20.2 Å². The maximum Gasteiger partial charge on any atom is 0.251 e. The van der Waals surface area contributed by atoms with Gasteiger partial charge in [-0.05, 0) is 31.9 Å². The number of ether oxygens (including phenoxy) is 1. The third kappa shape index (κ3) is 4.29. The summed E-state index contributed by atoms with van der Waals surface area (Å²) in [4.78, 5) is 25.9. The first-order chi connectivity index (χ1) is 10.1. The van der Waals surface area contributed by atoms with Gasteiger partial charge in [0.15, 0.2) is 0 Å². The SMILES string of the molecule is CC(NC(=O)c1ccccc1)C(=O)N(C)CC1CCCO1. The van der Waals surface area contributed by atoms with Crippen molar-refractivity contribution < 1.29 is 14.3 Å². The molecule has 21 heavy (non-hydrogen) atoms. The highest BCUT2D eigenvalue weighted by Gasteiger charge is 2.24. The summed E-state index contributed by atoms with van der Waals surface area (Å²) < 4.78 is 5.52. The number of nitrogens with zero attached hydrogens (tertiary/aromatic N) is 1. The number of benzene rings is 1. The molecule has 5 nitrogen and oxygen atoms in total. The minimum Gasteiger partial charge on any atom is -0.376 e. The van der Waals surface area contributed by atoms with E-state index in [9.17, 15) is 9.59 Å². The van der Waals surface area contributed by atoms with Gasteiger partial charge in [-0.15, -0.1) is 0 Å². The number of rotatable bonds is 5. The van der Waals surface area contributed by atoms with Gasteiger partial charge in [-0.1, -0.05) is 18.2 Å². The molecule has 0 spiro atoms. The van der Waals surface area contributed by atoms with Crippen LogP contribution in [-0.2, 0) is 9.53 Å². The molecule has 2 atom stereocenters. The summed E-state index contributed by atoms with van der Waals surface area (Å²) in [7, 11) is 1.75. The molecular formula is C16H22N2O3. The Morgan fingerprint density at radius 2 is 2.10 bits per heavy atom. The van der Waals surface area contributed by atoms with Crippen LogP contribution < -0.4 is 5.32 Å². The van der Waals surface area contributed by atoms with E-state index in [2.05, 4.69) is 5.32 Å². The molecule has 2 rings (SSSR count). The van der Waals surface area contributed by atoms with E-state index >= 15 is 0 Å². The molecule has 1 fully saturated rings. The number of hydrogen-bond donors (Lipinski definition) is 1. The second kappa shape index (κ2) is 7.22. The molecule has 0 radical (unpaired) electrons. The molecule has 0 bridgehead atoms. The molecular weight excluding hydrogens is 268 g/mol. The first kappa shape index (κ1) is 15.5. The van der Waals surface area contributed by atoms with E-state index in [1.165, 1.54) is 0 Å². The fourth-order valence-corrected chi connectivity index (χ4v) is 2.45. The van der Waals surface area contributed by atoms with Gasteiger partial charge in [-0.3, -0.25) is 9.59 Å². The third-order valence-corrected chi connectivity index (χ3v) is 3.63. The van der Waals surface area contributed by atoms with Crippen LogP contribution in [0.25, 0.3) is 0 Å². The predicted octanol–water partition coefficient (Wildman–Crippen LogP) is 1.44. The van der Waals surface area contributed by atoms with Gasteiger partial charge < -0.3 is 15.0 Å². The largest absolute Gasteiger partial charge is 0.376 e. The van der Waals surface area contributed by atoms with Gasteiger partial charge in [0.25, 0.3) is 5.91 Å². The molecule has 2 amide bonds. The molecule has 1 saturated heterocycles. The Labute approximate surface area is 125 Å². The maximum absolute atomic E-state index is 12.3. The number of hydrogen-bond acceptors (Lipinski definition) is 3. The van der Waals surface area contributed by atoms with Crippen molar-refractivity contribution in [3.8, 4) is 0 Å². The van der Waals surface area contributed by atoms with Gasteiger partial charge in [-0.25, -0.2) is 0 Å². The van der Waals surface area contributed by atoms with Gasteiger partial charge in [0.2, 0.25) is 5.91 Å². The van der Waals surface area contributed by atoms with Crippen molar-refractivity contribution in [1.82, 2.24) is 10.2 Å². The molecule has 1 heterocycles. The second-order valence-corrected chi connectivity index (χ2v) is 5.41. The van der Waals surface area contributed by atoms with E-state index in [0.29, 0.717) is 12.1 Å². The van der Waals surface area contributed by atoms with Crippen molar-refractivity contribution in [1.29, 1.82) is 0 Å². The average Bonchev–Trinajstić information content (AvgIpc) is 3.00. The van der Waals surface area contributed by atoms with Crippen molar-refractivity contribution in [3.05, 3.63) is 35.9 Å². The van der Waals surface area contributed by atoms with Crippen LogP contribution in [0, 0.1) is 0 Å². The number of amides is 2. The number of carbonyl (C=O) groups excluding carboxylic acids is 2. The van der Waals surface area contributed by atoms with Gasteiger partial charge in [-0.2, -0.15) is 0 Å². The molecule has 0 aromatic heterocycles. The summed E-state index contributed by atoms with van der Waals surface area (Å²) in [6.07, 6.45) is 2.16. The normalized spacial score (nSPS) is 19.0. The van der Waals surface area contributed by atoms with E-state index in [4.69, 9.17) is 4.74 Å². The topological polar surface area (TPSA) is 58.6 Å². The molecule has 5 heteroatoms. The number of carbonyl (C=O) groups is 2. The Kier molecular flexibility index (Phi) is 5.33. The maximum atomic E-state index is 12.3. The Balaban J connectivity index is 1.85. The van der Waals surface area contributed by atoms with E-state index in [-0.39, 0.29) is 17.9 Å². The Hall–Kier alpha value is -1.88. The highest BCUT2D eigenvalue weighted by atomic mass is 16.5. The lowest BCUT2D eigenvalue weighted by Gasteiger charge is -2.24. The summed E-state index contributed by atoms with van der Waals surface area (Å²) in [5.74, 6) is -0.336. The van der Waals surface area contributed by atoms with Crippen molar-refractivity contribution in [2.24, 2.45) is 0 Å². The highest BCUT2D eigenvalue weighted by molar-refractivity contribution is 5.97. The van der Waals surface area contributed by atoms with Crippen LogP contribution in [0.2, 0.25) is 0 Å². The van der Waals surface area contributed by atoms with Gasteiger partial charge in [0.05, 0.1) is 6.10 Å². The Morgan fingerprint density at radius 1 is 1.38 bits per heavy atom. The summed E-state index contributed by atoms with van der Waals surface area (Å²) in [5.41, 5.74) is 0.555. The molecule has 1 aromatic carbocycles. The first-order valence-corrected chi connectivity index (χ1v) is 7.30. The van der Waals surface area contributed by atoms with Crippen LogP contribution in [0.1, 0.15) is 30.1 Å². The zero-order chi connectivity index (χ0) is 15.2. The van der Waals surface area contributed by atoms with Crippen LogP contribution in [0.4, 0.5) is 0 Å². The van der Waals surface area contributed by atoms with E-state index in [0.717, 1.165) is 19.4 Å². The summed E-state index contributed by atoms with van der Waals surface area (Å²) >= 11 is 0. The summed E-state index contributed by atoms with van der Waals surface area (Å²) in [6.45, 7) is 3.05. The standard InChI is InChI=1S/C16H22N2O3/c1-12(17-15(19)13-7-4-3-5-8-13)16(20)18(2)11-14-9-6-10-21-14/h3-5,7-8,12,14H,6,9-11H2,1-2H3,(H,17,19). The molecule has 1 aliphatic rings. The van der Waals surface area contributed by atoms with Crippen LogP contribution in [0.15, 0.2) is 30.3 Å². The minimum absolute atomic E-state index is 0.102. The average molecular weight is 290 g/mol. The molecule has 0 aliphatic carbocycles. The number of nitrogens with one attached hydrogen (secondary N) is 1. The fraction of sp³-hybridized carbons (Fsp3) is 0.500. The van der Waals surface area contributed by atoms with Gasteiger partial charge in [0, 0.05) is 25.8 Å². The smallest absolute Gasteiger partial charge is 0.251 e. The van der Waals surface area contributed by atoms with Crippen LogP contribution >= 0.6 is 0 Å². The monoisotopic (exact) mass is 290 g/mol. The van der Waals surface area contributed by atoms with Crippen molar-refractivity contribution >= 4 is 11.8 Å². The van der Waals surface area contributed by atoms with E-state index in [1.807, 2.05) is 6.07 Å². The van der Waals surface area contributed by atoms with E-state index < -0.39 is 6.04 Å².